The van der Waals surface area contributed by atoms with E-state index >= 15 is 0 Å². The average molecular weight is 299 g/mol. The van der Waals surface area contributed by atoms with Crippen molar-refractivity contribution < 1.29 is 4.79 Å². The minimum absolute atomic E-state index is 0.261. The molecule has 1 unspecified atom stereocenters. The number of nitrogens with zero attached hydrogens (tertiary/aromatic N) is 1. The average Bonchev–Trinajstić information content (AvgIpc) is 3.00. The zero-order valence-corrected chi connectivity index (χ0v) is 13.2. The lowest BCUT2D eigenvalue weighted by Crippen LogP contribution is -2.34. The molecule has 1 aliphatic rings. The smallest absolute Gasteiger partial charge is 0.162 e. The van der Waals surface area contributed by atoms with Crippen molar-refractivity contribution in [1.82, 2.24) is 4.90 Å². The Bertz CT molecular complexity index is 605. The topological polar surface area (TPSA) is 20.3 Å². The van der Waals surface area contributed by atoms with Crippen molar-refractivity contribution in [3.63, 3.8) is 0 Å². The molecule has 3 heteroatoms. The summed E-state index contributed by atoms with van der Waals surface area (Å²) in [5.74, 6) is 0.261. The van der Waals surface area contributed by atoms with Crippen LogP contribution in [0.2, 0.25) is 0 Å². The van der Waals surface area contributed by atoms with Crippen LogP contribution >= 0.6 is 11.3 Å². The molecule has 1 aliphatic heterocycles. The van der Waals surface area contributed by atoms with Crippen molar-refractivity contribution in [3.05, 3.63) is 57.8 Å². The zero-order chi connectivity index (χ0) is 14.7. The second-order valence-corrected chi connectivity index (χ2v) is 6.65. The normalized spacial score (nSPS) is 18.4. The molecule has 2 nitrogen and oxygen atoms in total. The highest BCUT2D eigenvalue weighted by Gasteiger charge is 2.24. The number of carbonyl (C=O) groups is 1. The summed E-state index contributed by atoms with van der Waals surface area (Å²) in [4.78, 5) is 16.2. The summed E-state index contributed by atoms with van der Waals surface area (Å²) in [5.41, 5.74) is 2.32. The molecule has 0 bridgehead atoms. The molecule has 2 heterocycles. The van der Waals surface area contributed by atoms with Crippen LogP contribution < -0.4 is 0 Å². The molecule has 21 heavy (non-hydrogen) atoms. The van der Waals surface area contributed by atoms with Gasteiger partial charge >= 0.3 is 0 Å². The van der Waals surface area contributed by atoms with Gasteiger partial charge in [-0.3, -0.25) is 9.69 Å². The molecule has 2 aromatic rings. The first-order valence-corrected chi connectivity index (χ1v) is 8.52. The van der Waals surface area contributed by atoms with Gasteiger partial charge in [-0.25, -0.2) is 0 Å². The van der Waals surface area contributed by atoms with Crippen molar-refractivity contribution in [2.45, 2.75) is 32.2 Å². The summed E-state index contributed by atoms with van der Waals surface area (Å²) in [7, 11) is 0. The van der Waals surface area contributed by atoms with E-state index in [0.717, 1.165) is 31.5 Å². The van der Waals surface area contributed by atoms with Crippen LogP contribution in [-0.2, 0) is 6.42 Å². The number of hydrogen-bond donors (Lipinski definition) is 0. The Kier molecular flexibility index (Phi) is 4.51. The minimum Gasteiger partial charge on any atom is -0.296 e. The molecule has 3 rings (SSSR count). The molecule has 0 amide bonds. The first-order valence-electron chi connectivity index (χ1n) is 7.64. The van der Waals surface area contributed by atoms with Gasteiger partial charge in [0.2, 0.25) is 0 Å². The number of thiophene rings is 1. The molecule has 0 saturated carbocycles. The molecule has 0 N–H and O–H groups in total. The van der Waals surface area contributed by atoms with Gasteiger partial charge in [-0.15, -0.1) is 11.3 Å². The van der Waals surface area contributed by atoms with Crippen molar-refractivity contribution in [2.24, 2.45) is 0 Å². The van der Waals surface area contributed by atoms with E-state index in [4.69, 9.17) is 0 Å². The van der Waals surface area contributed by atoms with Crippen molar-refractivity contribution in [2.75, 3.05) is 13.1 Å². The Labute approximate surface area is 130 Å². The Hall–Kier alpha value is -1.45. The van der Waals surface area contributed by atoms with Crippen LogP contribution in [0.15, 0.2) is 41.8 Å². The summed E-state index contributed by atoms with van der Waals surface area (Å²) < 4.78 is 0. The highest BCUT2D eigenvalue weighted by molar-refractivity contribution is 7.10. The zero-order valence-electron chi connectivity index (χ0n) is 12.4. The van der Waals surface area contributed by atoms with Gasteiger partial charge in [-0.1, -0.05) is 30.3 Å². The van der Waals surface area contributed by atoms with Crippen molar-refractivity contribution in [3.8, 4) is 0 Å². The number of Topliss-reactive ketones (excluding diaryl/α,β-unsaturated/α-hetero) is 1. The number of fused-ring (bicyclic) bond motifs is 1. The van der Waals surface area contributed by atoms with Gasteiger partial charge in [0, 0.05) is 29.4 Å². The van der Waals surface area contributed by atoms with Gasteiger partial charge in [0.1, 0.15) is 0 Å². The van der Waals surface area contributed by atoms with Crippen LogP contribution in [0, 0.1) is 0 Å². The van der Waals surface area contributed by atoms with Gasteiger partial charge in [-0.05, 0) is 43.3 Å². The van der Waals surface area contributed by atoms with Gasteiger partial charge in [0.15, 0.2) is 5.78 Å². The predicted octanol–water partition coefficient (Wildman–Crippen LogP) is 4.33. The molecule has 0 radical (unpaired) electrons. The fraction of sp³-hybridized carbons (Fsp3) is 0.389. The van der Waals surface area contributed by atoms with E-state index in [0.29, 0.717) is 12.5 Å². The molecule has 0 aliphatic carbocycles. The molecule has 0 spiro atoms. The van der Waals surface area contributed by atoms with Crippen molar-refractivity contribution in [1.29, 1.82) is 0 Å². The molecule has 1 aromatic heterocycles. The molecule has 0 saturated heterocycles. The monoisotopic (exact) mass is 299 g/mol. The first-order chi connectivity index (χ1) is 10.3. The summed E-state index contributed by atoms with van der Waals surface area (Å²) in [5, 5.41) is 2.20. The lowest BCUT2D eigenvalue weighted by Gasteiger charge is -2.33. The van der Waals surface area contributed by atoms with Crippen molar-refractivity contribution >= 4 is 17.1 Å². The largest absolute Gasteiger partial charge is 0.296 e. The van der Waals surface area contributed by atoms with E-state index < -0.39 is 0 Å². The summed E-state index contributed by atoms with van der Waals surface area (Å²) in [6.07, 6.45) is 2.74. The summed E-state index contributed by atoms with van der Waals surface area (Å²) in [6, 6.07) is 12.4. The summed E-state index contributed by atoms with van der Waals surface area (Å²) in [6.45, 7) is 4.41. The van der Waals surface area contributed by atoms with Gasteiger partial charge < -0.3 is 0 Å². The highest BCUT2D eigenvalue weighted by Crippen LogP contribution is 2.32. The number of hydrogen-bond acceptors (Lipinski definition) is 3. The first kappa shape index (κ1) is 14.5. The van der Waals surface area contributed by atoms with E-state index in [1.54, 1.807) is 4.88 Å². The van der Waals surface area contributed by atoms with E-state index in [9.17, 15) is 4.79 Å². The number of rotatable bonds is 5. The van der Waals surface area contributed by atoms with Crippen LogP contribution in [0.1, 0.15) is 46.6 Å². The van der Waals surface area contributed by atoms with Gasteiger partial charge in [0.05, 0.1) is 0 Å². The molecular formula is C18H21NOS. The fourth-order valence-electron chi connectivity index (χ4n) is 3.08. The van der Waals surface area contributed by atoms with Crippen LogP contribution in [0.4, 0.5) is 0 Å². The molecule has 1 atom stereocenters. The maximum atomic E-state index is 12.1. The third-order valence-corrected chi connectivity index (χ3v) is 5.35. The molecule has 110 valence electrons. The van der Waals surface area contributed by atoms with Gasteiger partial charge in [-0.2, -0.15) is 0 Å². The Morgan fingerprint density at radius 1 is 1.29 bits per heavy atom. The quantitative estimate of drug-likeness (QED) is 0.766. The Morgan fingerprint density at radius 2 is 2.10 bits per heavy atom. The number of carbonyl (C=O) groups excluding carboxylic acids is 1. The number of benzene rings is 1. The molecular weight excluding hydrogens is 278 g/mol. The van der Waals surface area contributed by atoms with E-state index in [1.165, 1.54) is 5.56 Å². The van der Waals surface area contributed by atoms with Crippen LogP contribution in [0.25, 0.3) is 0 Å². The SMILES string of the molecule is CC1c2ccsc2CCN1CCCC(=O)c1ccccc1. The second kappa shape index (κ2) is 6.54. The molecule has 1 aromatic carbocycles. The van der Waals surface area contributed by atoms with Crippen LogP contribution in [-0.4, -0.2) is 23.8 Å². The third-order valence-electron chi connectivity index (χ3n) is 4.35. The van der Waals surface area contributed by atoms with Crippen LogP contribution in [0.5, 0.6) is 0 Å². The third kappa shape index (κ3) is 3.25. The Morgan fingerprint density at radius 3 is 2.90 bits per heavy atom. The van der Waals surface area contributed by atoms with Gasteiger partial charge in [0.25, 0.3) is 0 Å². The standard InChI is InChI=1S/C18H21NOS/c1-14-16-10-13-21-18(16)9-12-19(14)11-5-8-17(20)15-6-3-2-4-7-15/h2-4,6-7,10,13-14H,5,8-9,11-12H2,1H3. The van der Waals surface area contributed by atoms with E-state index in [2.05, 4.69) is 23.3 Å². The lowest BCUT2D eigenvalue weighted by atomic mass is 10.0. The minimum atomic E-state index is 0.261. The molecule has 0 fully saturated rings. The second-order valence-electron chi connectivity index (χ2n) is 5.65. The lowest BCUT2D eigenvalue weighted by molar-refractivity contribution is 0.0970. The van der Waals surface area contributed by atoms with E-state index in [1.807, 2.05) is 41.7 Å². The van der Waals surface area contributed by atoms with E-state index in [-0.39, 0.29) is 5.78 Å². The predicted molar refractivity (Wildman–Crippen MR) is 88.0 cm³/mol. The Balaban J connectivity index is 1.51. The fourth-order valence-corrected chi connectivity index (χ4v) is 4.04. The van der Waals surface area contributed by atoms with Crippen LogP contribution in [0.3, 0.4) is 0 Å². The maximum Gasteiger partial charge on any atom is 0.162 e. The number of ketones is 1. The highest BCUT2D eigenvalue weighted by atomic mass is 32.1. The summed E-state index contributed by atoms with van der Waals surface area (Å²) >= 11 is 1.88. The maximum absolute atomic E-state index is 12.1.